The van der Waals surface area contributed by atoms with Crippen molar-refractivity contribution in [3.8, 4) is 0 Å². The number of aryl methyl sites for hydroxylation is 1. The number of unbranched alkanes of at least 4 members (excludes halogenated alkanes) is 5. The minimum atomic E-state index is -0.0968. The number of ether oxygens (including phenoxy) is 1. The predicted molar refractivity (Wildman–Crippen MR) is 161 cm³/mol. The molecule has 1 unspecified atom stereocenters. The van der Waals surface area contributed by atoms with Crippen LogP contribution in [0.3, 0.4) is 0 Å². The van der Waals surface area contributed by atoms with Crippen LogP contribution in [0.25, 0.3) is 0 Å². The van der Waals surface area contributed by atoms with E-state index in [1.807, 2.05) is 20.8 Å². The number of hydrogen-bond donors (Lipinski definition) is 1. The highest BCUT2D eigenvalue weighted by Gasteiger charge is 2.15. The number of carbonyl (C=O) groups is 1. The van der Waals surface area contributed by atoms with E-state index in [9.17, 15) is 0 Å². The summed E-state index contributed by atoms with van der Waals surface area (Å²) < 4.78 is 10.5. The van der Waals surface area contributed by atoms with E-state index in [4.69, 9.17) is 14.1 Å². The lowest BCUT2D eigenvalue weighted by atomic mass is 10.1. The first-order valence-corrected chi connectivity index (χ1v) is 16.2. The highest BCUT2D eigenvalue weighted by molar-refractivity contribution is 7.51. The Kier molecular flexibility index (Phi) is 28.0. The van der Waals surface area contributed by atoms with Gasteiger partial charge < -0.3 is 14.6 Å². The van der Waals surface area contributed by atoms with Gasteiger partial charge in [0.05, 0.1) is 5.60 Å². The Morgan fingerprint density at radius 3 is 2.00 bits per heavy atom. The third kappa shape index (κ3) is 29.3. The molecule has 0 spiro atoms. The molecular formula is C31H60NO3P. The van der Waals surface area contributed by atoms with Gasteiger partial charge >= 0.3 is 0 Å². The molecule has 1 fully saturated rings. The second-order valence-electron chi connectivity index (χ2n) is 10.4. The molecule has 2 rings (SSSR count). The van der Waals surface area contributed by atoms with Gasteiger partial charge in [-0.25, -0.2) is 0 Å². The van der Waals surface area contributed by atoms with Gasteiger partial charge in [-0.1, -0.05) is 95.0 Å². The number of rotatable bonds is 13. The smallest absolute Gasteiger partial charge is 0.206 e. The Balaban J connectivity index is 0. The summed E-state index contributed by atoms with van der Waals surface area (Å²) in [5, 5.41) is 2.25. The fourth-order valence-corrected chi connectivity index (χ4v) is 5.00. The fraction of sp³-hybridized carbons (Fsp3) is 0.774. The number of hydrogen-bond acceptors (Lipinski definition) is 3. The molecule has 0 saturated heterocycles. The summed E-state index contributed by atoms with van der Waals surface area (Å²) >= 11 is 0. The van der Waals surface area contributed by atoms with Crippen LogP contribution in [-0.4, -0.2) is 45.6 Å². The molecule has 36 heavy (non-hydrogen) atoms. The van der Waals surface area contributed by atoms with E-state index in [0.717, 1.165) is 12.5 Å². The van der Waals surface area contributed by atoms with E-state index < -0.39 is 0 Å². The SMILES string of the molecule is CCCCCCCCc1ccccc1.CCOP(C)CCC1CCCC1.CNC=O.COC(C)(C)C. The molecule has 0 aromatic heterocycles. The summed E-state index contributed by atoms with van der Waals surface area (Å²) in [6.07, 6.45) is 18.9. The van der Waals surface area contributed by atoms with Crippen LogP contribution >= 0.6 is 8.15 Å². The van der Waals surface area contributed by atoms with Crippen molar-refractivity contribution in [2.24, 2.45) is 5.92 Å². The Hall–Kier alpha value is -0.960. The van der Waals surface area contributed by atoms with Crippen LogP contribution in [-0.2, 0) is 20.5 Å². The average molecular weight is 526 g/mol. The van der Waals surface area contributed by atoms with Crippen LogP contribution in [0.5, 0.6) is 0 Å². The van der Waals surface area contributed by atoms with Gasteiger partial charge in [0.1, 0.15) is 0 Å². The minimum absolute atomic E-state index is 0.0417. The zero-order valence-corrected chi connectivity index (χ0v) is 26.0. The Labute approximate surface area is 226 Å². The van der Waals surface area contributed by atoms with Crippen molar-refractivity contribution in [1.29, 1.82) is 0 Å². The molecular weight excluding hydrogens is 465 g/mol. The van der Waals surface area contributed by atoms with Crippen LogP contribution < -0.4 is 5.32 Å². The predicted octanol–water partition coefficient (Wildman–Crippen LogP) is 9.01. The van der Waals surface area contributed by atoms with Crippen molar-refractivity contribution >= 4 is 14.6 Å². The molecule has 1 amide bonds. The summed E-state index contributed by atoms with van der Waals surface area (Å²) in [6.45, 7) is 13.6. The van der Waals surface area contributed by atoms with Crippen LogP contribution in [0.4, 0.5) is 0 Å². The van der Waals surface area contributed by atoms with E-state index in [1.54, 1.807) is 14.2 Å². The van der Waals surface area contributed by atoms with Gasteiger partial charge in [-0.05, 0) is 71.3 Å². The number of benzene rings is 1. The average Bonchev–Trinajstić information content (AvgIpc) is 3.40. The van der Waals surface area contributed by atoms with Crippen molar-refractivity contribution < 1.29 is 14.1 Å². The van der Waals surface area contributed by atoms with Crippen molar-refractivity contribution in [3.05, 3.63) is 35.9 Å². The number of methoxy groups -OCH3 is 1. The Morgan fingerprint density at radius 2 is 1.53 bits per heavy atom. The van der Waals surface area contributed by atoms with Crippen molar-refractivity contribution in [3.63, 3.8) is 0 Å². The second kappa shape index (κ2) is 27.1. The molecule has 1 aliphatic rings. The third-order valence-electron chi connectivity index (χ3n) is 6.07. The maximum Gasteiger partial charge on any atom is 0.206 e. The summed E-state index contributed by atoms with van der Waals surface area (Å²) in [6, 6.07) is 10.8. The molecule has 0 radical (unpaired) electrons. The molecule has 5 heteroatoms. The zero-order chi connectivity index (χ0) is 27.5. The van der Waals surface area contributed by atoms with Crippen LogP contribution in [0.1, 0.15) is 111 Å². The lowest BCUT2D eigenvalue weighted by molar-refractivity contribution is -0.109. The van der Waals surface area contributed by atoms with Gasteiger partial charge in [0, 0.05) is 28.9 Å². The van der Waals surface area contributed by atoms with Gasteiger partial charge in [0.15, 0.2) is 0 Å². The standard InChI is InChI=1S/C14H22.C10H21OP.C5H12O.C2H5NO/c1-2-3-4-5-6-8-11-14-12-9-7-10-13-14;1-3-11-12(2)9-8-10-6-4-5-7-10;1-5(2,3)6-4;1-3-2-4/h7,9-10,12-13H,2-6,8,11H2,1H3;10H,3-9H2,1-2H3;1-4H3;2H,1H3,(H,3,4). The number of nitrogens with one attached hydrogen (secondary N) is 1. The monoisotopic (exact) mass is 525 g/mol. The first kappa shape index (κ1) is 37.2. The van der Waals surface area contributed by atoms with Crippen molar-refractivity contribution in [2.45, 2.75) is 117 Å². The van der Waals surface area contributed by atoms with E-state index in [2.05, 4.69) is 56.2 Å². The normalized spacial score (nSPS) is 13.8. The Bertz CT molecular complexity index is 557. The van der Waals surface area contributed by atoms with Crippen LogP contribution in [0.15, 0.2) is 30.3 Å². The zero-order valence-electron chi connectivity index (χ0n) is 25.1. The molecule has 1 aromatic carbocycles. The van der Waals surface area contributed by atoms with Gasteiger partial charge in [-0.15, -0.1) is 0 Å². The van der Waals surface area contributed by atoms with Gasteiger partial charge in [-0.3, -0.25) is 4.79 Å². The van der Waals surface area contributed by atoms with Crippen molar-refractivity contribution in [1.82, 2.24) is 5.32 Å². The highest BCUT2D eigenvalue weighted by Crippen LogP contribution is 2.37. The summed E-state index contributed by atoms with van der Waals surface area (Å²) in [5.74, 6) is 1.04. The van der Waals surface area contributed by atoms with Gasteiger partial charge in [0.2, 0.25) is 6.41 Å². The van der Waals surface area contributed by atoms with E-state index in [0.29, 0.717) is 6.41 Å². The molecule has 0 aliphatic heterocycles. The molecule has 1 aromatic rings. The molecule has 1 aliphatic carbocycles. The summed E-state index contributed by atoms with van der Waals surface area (Å²) in [5.41, 5.74) is 1.53. The molecule has 212 valence electrons. The maximum absolute atomic E-state index is 9.06. The first-order chi connectivity index (χ1) is 17.2. The lowest BCUT2D eigenvalue weighted by Crippen LogP contribution is -2.15. The molecule has 0 heterocycles. The maximum atomic E-state index is 9.06. The minimum Gasteiger partial charge on any atom is -0.379 e. The summed E-state index contributed by atoms with van der Waals surface area (Å²) in [7, 11) is 3.17. The van der Waals surface area contributed by atoms with Gasteiger partial charge in [0.25, 0.3) is 0 Å². The highest BCUT2D eigenvalue weighted by atomic mass is 31.1. The third-order valence-corrected chi connectivity index (χ3v) is 7.66. The summed E-state index contributed by atoms with van der Waals surface area (Å²) in [4.78, 5) is 9.06. The number of amides is 1. The first-order valence-electron chi connectivity index (χ1n) is 14.3. The second-order valence-corrected chi connectivity index (χ2v) is 12.4. The molecule has 4 nitrogen and oxygen atoms in total. The molecule has 1 N–H and O–H groups in total. The topological polar surface area (TPSA) is 47.6 Å². The molecule has 1 atom stereocenters. The van der Waals surface area contributed by atoms with Crippen LogP contribution in [0.2, 0.25) is 0 Å². The van der Waals surface area contributed by atoms with Crippen molar-refractivity contribution in [2.75, 3.05) is 33.6 Å². The molecule has 0 bridgehead atoms. The van der Waals surface area contributed by atoms with E-state index in [-0.39, 0.29) is 13.7 Å². The number of carbonyl (C=O) groups excluding carboxylic acids is 1. The Morgan fingerprint density at radius 1 is 1.00 bits per heavy atom. The van der Waals surface area contributed by atoms with E-state index >= 15 is 0 Å². The molecule has 1 saturated carbocycles. The van der Waals surface area contributed by atoms with Gasteiger partial charge in [-0.2, -0.15) is 0 Å². The fourth-order valence-electron chi connectivity index (χ4n) is 3.70. The van der Waals surface area contributed by atoms with Crippen LogP contribution in [0, 0.1) is 5.92 Å². The quantitative estimate of drug-likeness (QED) is 0.159. The largest absolute Gasteiger partial charge is 0.379 e. The van der Waals surface area contributed by atoms with E-state index in [1.165, 1.54) is 88.8 Å². The lowest BCUT2D eigenvalue weighted by Gasteiger charge is -2.14.